The third kappa shape index (κ3) is 6.95. The van der Waals surface area contributed by atoms with E-state index in [1.807, 2.05) is 20.8 Å². The summed E-state index contributed by atoms with van der Waals surface area (Å²) in [5.41, 5.74) is 0. The van der Waals surface area contributed by atoms with Crippen LogP contribution in [0.2, 0.25) is 0 Å². The summed E-state index contributed by atoms with van der Waals surface area (Å²) in [6.07, 6.45) is 0.700. The molecule has 0 heterocycles. The molecule has 0 saturated heterocycles. The van der Waals surface area contributed by atoms with Crippen LogP contribution in [-0.2, 0) is 0 Å². The van der Waals surface area contributed by atoms with Gasteiger partial charge in [-0.3, -0.25) is 0 Å². The Kier molecular flexibility index (Phi) is 9.52. The van der Waals surface area contributed by atoms with Crippen LogP contribution in [0.1, 0.15) is 59.3 Å². The molecule has 0 aliphatic rings. The largest absolute Gasteiger partial charge is 0.461 e. The van der Waals surface area contributed by atoms with Gasteiger partial charge in [0.05, 0.1) is 0 Å². The molecule has 0 amide bonds. The molecule has 0 aliphatic heterocycles. The maximum absolute atomic E-state index is 9.97. The van der Waals surface area contributed by atoms with Crippen molar-refractivity contribution < 1.29 is 29.5 Å². The lowest BCUT2D eigenvalue weighted by Crippen LogP contribution is -2.21. The van der Waals surface area contributed by atoms with Crippen molar-refractivity contribution >= 4 is 0 Å². The van der Waals surface area contributed by atoms with E-state index in [1.165, 1.54) is 0 Å². The van der Waals surface area contributed by atoms with Crippen LogP contribution in [0.5, 0.6) is 17.2 Å². The molecule has 138 valence electrons. The molecule has 3 atom stereocenters. The summed E-state index contributed by atoms with van der Waals surface area (Å²) >= 11 is 0. The lowest BCUT2D eigenvalue weighted by molar-refractivity contribution is -0.0529. The summed E-state index contributed by atoms with van der Waals surface area (Å²) in [5.74, 6) is 0.725. The second kappa shape index (κ2) is 11.1. The molecule has 0 bridgehead atoms. The van der Waals surface area contributed by atoms with Gasteiger partial charge in [0, 0.05) is 19.3 Å². The van der Waals surface area contributed by atoms with E-state index in [9.17, 15) is 15.3 Å². The van der Waals surface area contributed by atoms with Crippen molar-refractivity contribution in [3.05, 3.63) is 18.2 Å². The quantitative estimate of drug-likeness (QED) is 0.506. The summed E-state index contributed by atoms with van der Waals surface area (Å²) in [7, 11) is 0. The Hall–Kier alpha value is -1.50. The Balaban J connectivity index is 3.02. The van der Waals surface area contributed by atoms with Gasteiger partial charge in [0.1, 0.15) is 0 Å². The lowest BCUT2D eigenvalue weighted by Gasteiger charge is -2.22. The second-order valence-corrected chi connectivity index (χ2v) is 5.67. The topological polar surface area (TPSA) is 88.4 Å². The summed E-state index contributed by atoms with van der Waals surface area (Å²) in [5, 5.41) is 29.8. The summed E-state index contributed by atoms with van der Waals surface area (Å²) in [6, 6.07) is 4.94. The fourth-order valence-corrected chi connectivity index (χ4v) is 2.14. The van der Waals surface area contributed by atoms with Gasteiger partial charge < -0.3 is 29.5 Å². The van der Waals surface area contributed by atoms with Crippen molar-refractivity contribution in [2.45, 2.75) is 78.2 Å². The van der Waals surface area contributed by atoms with Crippen LogP contribution in [0.15, 0.2) is 18.2 Å². The molecule has 0 aliphatic carbocycles. The molecule has 1 aromatic rings. The highest BCUT2D eigenvalue weighted by atomic mass is 16.7. The van der Waals surface area contributed by atoms with Gasteiger partial charge in [-0.05, 0) is 12.1 Å². The van der Waals surface area contributed by atoms with Crippen LogP contribution >= 0.6 is 0 Å². The normalized spacial score (nSPS) is 14.8. The van der Waals surface area contributed by atoms with Crippen LogP contribution in [0, 0.1) is 0 Å². The van der Waals surface area contributed by atoms with Crippen LogP contribution < -0.4 is 14.2 Å². The standard InChI is InChI=1S/C18H30O6/c1-4-8-15(19)22-13-11-7-12-14(23-16(20)9-5-2)18(13)24-17(21)10-6-3/h7,11-12,15-17,19-21H,4-6,8-10H2,1-3H3. The highest BCUT2D eigenvalue weighted by Gasteiger charge is 2.20. The predicted octanol–water partition coefficient (Wildman–Crippen LogP) is 3.18. The van der Waals surface area contributed by atoms with Gasteiger partial charge in [-0.1, -0.05) is 46.1 Å². The maximum Gasteiger partial charge on any atom is 0.206 e. The highest BCUT2D eigenvalue weighted by molar-refractivity contribution is 5.51. The number of hydrogen-bond acceptors (Lipinski definition) is 6. The zero-order valence-electron chi connectivity index (χ0n) is 14.8. The number of ether oxygens (including phenoxy) is 3. The van der Waals surface area contributed by atoms with Crippen molar-refractivity contribution in [1.82, 2.24) is 0 Å². The SMILES string of the molecule is CCCC(O)Oc1cccc(OC(O)CCC)c1OC(O)CCC. The zero-order chi connectivity index (χ0) is 17.9. The van der Waals surface area contributed by atoms with E-state index < -0.39 is 18.9 Å². The average molecular weight is 342 g/mol. The average Bonchev–Trinajstić information content (AvgIpc) is 2.51. The molecule has 6 heteroatoms. The van der Waals surface area contributed by atoms with E-state index in [4.69, 9.17) is 14.2 Å². The zero-order valence-corrected chi connectivity index (χ0v) is 14.8. The molecule has 0 saturated carbocycles. The Morgan fingerprint density at radius 1 is 0.708 bits per heavy atom. The van der Waals surface area contributed by atoms with Crippen LogP contribution in [0.4, 0.5) is 0 Å². The molecule has 0 aromatic heterocycles. The molecule has 3 N–H and O–H groups in total. The Morgan fingerprint density at radius 3 is 1.46 bits per heavy atom. The van der Waals surface area contributed by atoms with Crippen molar-refractivity contribution in [2.24, 2.45) is 0 Å². The number of para-hydroxylation sites is 1. The number of benzene rings is 1. The van der Waals surface area contributed by atoms with Crippen molar-refractivity contribution in [3.8, 4) is 17.2 Å². The predicted molar refractivity (Wildman–Crippen MR) is 91.1 cm³/mol. The van der Waals surface area contributed by atoms with E-state index in [2.05, 4.69) is 0 Å². The first kappa shape index (κ1) is 20.5. The molecule has 0 spiro atoms. The first-order valence-corrected chi connectivity index (χ1v) is 8.68. The minimum Gasteiger partial charge on any atom is -0.461 e. The summed E-state index contributed by atoms with van der Waals surface area (Å²) < 4.78 is 16.6. The fraction of sp³-hybridized carbons (Fsp3) is 0.667. The number of rotatable bonds is 12. The smallest absolute Gasteiger partial charge is 0.206 e. The molecule has 0 fully saturated rings. The molecule has 1 rings (SSSR count). The van der Waals surface area contributed by atoms with Gasteiger partial charge in [-0.15, -0.1) is 0 Å². The first-order chi connectivity index (χ1) is 11.5. The molecular weight excluding hydrogens is 312 g/mol. The van der Waals surface area contributed by atoms with E-state index in [0.29, 0.717) is 19.3 Å². The number of hydrogen-bond donors (Lipinski definition) is 3. The van der Waals surface area contributed by atoms with Gasteiger partial charge in [0.15, 0.2) is 30.4 Å². The van der Waals surface area contributed by atoms with Gasteiger partial charge in [0.2, 0.25) is 5.75 Å². The Morgan fingerprint density at radius 2 is 1.08 bits per heavy atom. The van der Waals surface area contributed by atoms with Crippen LogP contribution in [0.25, 0.3) is 0 Å². The van der Waals surface area contributed by atoms with E-state index in [0.717, 1.165) is 19.3 Å². The van der Waals surface area contributed by atoms with Crippen molar-refractivity contribution in [3.63, 3.8) is 0 Å². The van der Waals surface area contributed by atoms with Gasteiger partial charge >= 0.3 is 0 Å². The minimum absolute atomic E-state index is 0.184. The van der Waals surface area contributed by atoms with Gasteiger partial charge in [-0.25, -0.2) is 0 Å². The monoisotopic (exact) mass is 342 g/mol. The fourth-order valence-electron chi connectivity index (χ4n) is 2.14. The molecule has 1 aromatic carbocycles. The number of aliphatic hydroxyl groups excluding tert-OH is 3. The van der Waals surface area contributed by atoms with Gasteiger partial charge in [-0.2, -0.15) is 0 Å². The third-order valence-corrected chi connectivity index (χ3v) is 3.33. The first-order valence-electron chi connectivity index (χ1n) is 8.68. The van der Waals surface area contributed by atoms with Gasteiger partial charge in [0.25, 0.3) is 0 Å². The lowest BCUT2D eigenvalue weighted by atomic mass is 10.2. The van der Waals surface area contributed by atoms with Crippen LogP contribution in [0.3, 0.4) is 0 Å². The molecule has 0 radical (unpaired) electrons. The minimum atomic E-state index is -1.02. The maximum atomic E-state index is 9.97. The van der Waals surface area contributed by atoms with E-state index in [1.54, 1.807) is 18.2 Å². The summed E-state index contributed by atoms with van der Waals surface area (Å²) in [4.78, 5) is 0. The molecule has 6 nitrogen and oxygen atoms in total. The van der Waals surface area contributed by atoms with E-state index in [-0.39, 0.29) is 17.2 Å². The summed E-state index contributed by atoms with van der Waals surface area (Å²) in [6.45, 7) is 5.81. The van der Waals surface area contributed by atoms with E-state index >= 15 is 0 Å². The Bertz CT molecular complexity index is 433. The number of aliphatic hydroxyl groups is 3. The highest BCUT2D eigenvalue weighted by Crippen LogP contribution is 2.39. The van der Waals surface area contributed by atoms with Crippen molar-refractivity contribution in [1.29, 1.82) is 0 Å². The molecule has 3 unspecified atom stereocenters. The van der Waals surface area contributed by atoms with Crippen LogP contribution in [-0.4, -0.2) is 34.2 Å². The third-order valence-electron chi connectivity index (χ3n) is 3.33. The molecule has 24 heavy (non-hydrogen) atoms. The second-order valence-electron chi connectivity index (χ2n) is 5.67. The molecular formula is C18H30O6. The Labute approximate surface area is 144 Å². The van der Waals surface area contributed by atoms with Crippen molar-refractivity contribution in [2.75, 3.05) is 0 Å².